The number of anilines is 2. The summed E-state index contributed by atoms with van der Waals surface area (Å²) in [6, 6.07) is 4.35. The molecule has 1 heterocycles. The minimum atomic E-state index is -4.26. The van der Waals surface area contributed by atoms with Crippen molar-refractivity contribution in [2.24, 2.45) is 0 Å². The molecule has 0 spiro atoms. The van der Waals surface area contributed by atoms with Crippen LogP contribution in [-0.4, -0.2) is 32.7 Å². The Kier molecular flexibility index (Phi) is 3.40. The number of likely N-dealkylation sites (N-methyl/N-ethyl adjacent to an activating group) is 1. The molecule has 0 fully saturated rings. The van der Waals surface area contributed by atoms with Crippen molar-refractivity contribution < 1.29 is 18.0 Å². The molecule has 19 heavy (non-hydrogen) atoms. The summed E-state index contributed by atoms with van der Waals surface area (Å²) in [6.45, 7) is -1.03. The van der Waals surface area contributed by atoms with Crippen molar-refractivity contribution in [3.8, 4) is 0 Å². The van der Waals surface area contributed by atoms with Crippen LogP contribution in [0.2, 0.25) is 0 Å². The quantitative estimate of drug-likeness (QED) is 0.884. The zero-order valence-electron chi connectivity index (χ0n) is 10.5. The summed E-state index contributed by atoms with van der Waals surface area (Å²) in [4.78, 5) is 12.7. The molecule has 1 atom stereocenters. The van der Waals surface area contributed by atoms with Crippen LogP contribution in [0, 0.1) is 0 Å². The third-order valence-corrected chi connectivity index (χ3v) is 3.01. The normalized spacial score (nSPS) is 18.2. The lowest BCUT2D eigenvalue weighted by molar-refractivity contribution is -0.119. The van der Waals surface area contributed by atoms with E-state index in [1.807, 2.05) is 0 Å². The molecule has 0 saturated heterocycles. The van der Waals surface area contributed by atoms with E-state index in [1.165, 1.54) is 7.05 Å². The maximum atomic E-state index is 12.3. The molecule has 1 amide bonds. The Morgan fingerprint density at radius 3 is 2.68 bits per heavy atom. The number of nitrogens with one attached hydrogen (secondary N) is 2. The van der Waals surface area contributed by atoms with Gasteiger partial charge in [0.05, 0.1) is 0 Å². The van der Waals surface area contributed by atoms with Crippen molar-refractivity contribution in [2.45, 2.75) is 12.2 Å². The van der Waals surface area contributed by atoms with Crippen LogP contribution < -0.4 is 15.5 Å². The molecular weight excluding hydrogens is 259 g/mol. The molecule has 4 nitrogen and oxygen atoms in total. The van der Waals surface area contributed by atoms with Crippen LogP contribution in [0.25, 0.3) is 0 Å². The summed E-state index contributed by atoms with van der Waals surface area (Å²) in [5, 5.41) is 5.50. The lowest BCUT2D eigenvalue weighted by Gasteiger charge is -2.21. The molecule has 2 N–H and O–H groups in total. The molecule has 1 aromatic rings. The highest BCUT2D eigenvalue weighted by molar-refractivity contribution is 6.03. The van der Waals surface area contributed by atoms with Gasteiger partial charge >= 0.3 is 6.18 Å². The van der Waals surface area contributed by atoms with Gasteiger partial charge in [-0.3, -0.25) is 4.79 Å². The van der Waals surface area contributed by atoms with Gasteiger partial charge in [0.25, 0.3) is 0 Å². The molecule has 0 aromatic heterocycles. The lowest BCUT2D eigenvalue weighted by Crippen LogP contribution is -2.30. The van der Waals surface area contributed by atoms with E-state index < -0.39 is 18.8 Å². The number of carbonyl (C=O) groups excluding carboxylic acids is 1. The van der Waals surface area contributed by atoms with E-state index >= 15 is 0 Å². The summed E-state index contributed by atoms with van der Waals surface area (Å²) in [5.74, 6) is -0.201. The number of carbonyl (C=O) groups is 1. The number of hydrogen-bond acceptors (Lipinski definition) is 3. The number of halogens is 3. The van der Waals surface area contributed by atoms with Gasteiger partial charge in [-0.05, 0) is 19.2 Å². The zero-order chi connectivity index (χ0) is 14.2. The van der Waals surface area contributed by atoms with Gasteiger partial charge in [0.2, 0.25) is 5.91 Å². The van der Waals surface area contributed by atoms with Gasteiger partial charge in [0.1, 0.15) is 12.6 Å². The second-order valence-corrected chi connectivity index (χ2v) is 4.45. The van der Waals surface area contributed by atoms with E-state index in [2.05, 4.69) is 10.6 Å². The SMILES string of the molecule is CNC1C(=O)Nc2cc(N(C)CC(F)(F)F)ccc21. The fourth-order valence-electron chi connectivity index (χ4n) is 2.13. The Labute approximate surface area is 108 Å². The highest BCUT2D eigenvalue weighted by Crippen LogP contribution is 2.34. The van der Waals surface area contributed by atoms with Crippen LogP contribution in [0.5, 0.6) is 0 Å². The van der Waals surface area contributed by atoms with Crippen molar-refractivity contribution >= 4 is 17.3 Å². The van der Waals surface area contributed by atoms with Gasteiger partial charge in [0.15, 0.2) is 0 Å². The molecule has 0 bridgehead atoms. The molecule has 1 unspecified atom stereocenters. The van der Waals surface area contributed by atoms with Gasteiger partial charge in [-0.1, -0.05) is 6.07 Å². The van der Waals surface area contributed by atoms with Crippen LogP contribution in [-0.2, 0) is 4.79 Å². The Morgan fingerprint density at radius 1 is 1.42 bits per heavy atom. The zero-order valence-corrected chi connectivity index (χ0v) is 10.5. The second kappa shape index (κ2) is 4.73. The van der Waals surface area contributed by atoms with Gasteiger partial charge in [0, 0.05) is 24.0 Å². The van der Waals surface area contributed by atoms with E-state index in [1.54, 1.807) is 25.2 Å². The number of hydrogen-bond donors (Lipinski definition) is 2. The number of alkyl halides is 3. The van der Waals surface area contributed by atoms with Crippen LogP contribution in [0.1, 0.15) is 11.6 Å². The Hall–Kier alpha value is -1.76. The third-order valence-electron chi connectivity index (χ3n) is 3.01. The molecule has 0 saturated carbocycles. The average Bonchev–Trinajstić information content (AvgIpc) is 2.60. The number of rotatable bonds is 3. The Morgan fingerprint density at radius 2 is 2.11 bits per heavy atom. The van der Waals surface area contributed by atoms with Crippen molar-refractivity contribution in [1.82, 2.24) is 5.32 Å². The molecule has 0 aliphatic carbocycles. The van der Waals surface area contributed by atoms with E-state index in [0.29, 0.717) is 11.4 Å². The first kappa shape index (κ1) is 13.7. The average molecular weight is 273 g/mol. The minimum absolute atomic E-state index is 0.201. The molecule has 2 rings (SSSR count). The predicted octanol–water partition coefficient (Wildman–Crippen LogP) is 1.90. The van der Waals surface area contributed by atoms with E-state index in [4.69, 9.17) is 0 Å². The van der Waals surface area contributed by atoms with Gasteiger partial charge in [-0.25, -0.2) is 0 Å². The van der Waals surface area contributed by atoms with Gasteiger partial charge < -0.3 is 15.5 Å². The lowest BCUT2D eigenvalue weighted by atomic mass is 10.1. The first-order valence-corrected chi connectivity index (χ1v) is 5.72. The minimum Gasteiger partial charge on any atom is -0.366 e. The summed E-state index contributed by atoms with van der Waals surface area (Å²) in [5.41, 5.74) is 1.71. The molecule has 7 heteroatoms. The van der Waals surface area contributed by atoms with Crippen LogP contribution in [0.3, 0.4) is 0 Å². The van der Waals surface area contributed by atoms with Crippen molar-refractivity contribution in [3.05, 3.63) is 23.8 Å². The summed E-state index contributed by atoms with van der Waals surface area (Å²) in [6.07, 6.45) is -4.26. The first-order chi connectivity index (χ1) is 8.81. The topological polar surface area (TPSA) is 44.4 Å². The van der Waals surface area contributed by atoms with Crippen molar-refractivity contribution in [1.29, 1.82) is 0 Å². The maximum Gasteiger partial charge on any atom is 0.405 e. The first-order valence-electron chi connectivity index (χ1n) is 5.72. The molecule has 1 aliphatic heterocycles. The number of benzene rings is 1. The monoisotopic (exact) mass is 273 g/mol. The highest BCUT2D eigenvalue weighted by Gasteiger charge is 2.32. The van der Waals surface area contributed by atoms with Gasteiger partial charge in [-0.15, -0.1) is 0 Å². The highest BCUT2D eigenvalue weighted by atomic mass is 19.4. The van der Waals surface area contributed by atoms with Crippen molar-refractivity contribution in [2.75, 3.05) is 30.9 Å². The smallest absolute Gasteiger partial charge is 0.366 e. The number of fused-ring (bicyclic) bond motifs is 1. The summed E-state index contributed by atoms with van der Waals surface area (Å²) < 4.78 is 37.0. The predicted molar refractivity (Wildman–Crippen MR) is 66.2 cm³/mol. The number of amides is 1. The second-order valence-electron chi connectivity index (χ2n) is 4.45. The van der Waals surface area contributed by atoms with E-state index in [-0.39, 0.29) is 5.91 Å². The van der Waals surface area contributed by atoms with Crippen LogP contribution >= 0.6 is 0 Å². The molecule has 0 radical (unpaired) electrons. The largest absolute Gasteiger partial charge is 0.405 e. The van der Waals surface area contributed by atoms with Crippen LogP contribution in [0.15, 0.2) is 18.2 Å². The Balaban J connectivity index is 2.24. The number of nitrogens with zero attached hydrogens (tertiary/aromatic N) is 1. The molecule has 1 aliphatic rings. The molecule has 1 aromatic carbocycles. The molecular formula is C12H14F3N3O. The summed E-state index contributed by atoms with van der Waals surface area (Å²) in [7, 11) is 3.02. The fraction of sp³-hybridized carbons (Fsp3) is 0.417. The maximum absolute atomic E-state index is 12.3. The third kappa shape index (κ3) is 2.81. The van der Waals surface area contributed by atoms with Gasteiger partial charge in [-0.2, -0.15) is 13.2 Å². The molecule has 104 valence electrons. The van der Waals surface area contributed by atoms with E-state index in [9.17, 15) is 18.0 Å². The van der Waals surface area contributed by atoms with Crippen molar-refractivity contribution in [3.63, 3.8) is 0 Å². The Bertz CT molecular complexity index is 501. The summed E-state index contributed by atoms with van der Waals surface area (Å²) >= 11 is 0. The fourth-order valence-corrected chi connectivity index (χ4v) is 2.13. The van der Waals surface area contributed by atoms with Crippen LogP contribution in [0.4, 0.5) is 24.5 Å². The van der Waals surface area contributed by atoms with E-state index in [0.717, 1.165) is 10.5 Å². The standard InChI is InChI=1S/C12H14F3N3O/c1-16-10-8-4-3-7(5-9(8)17-11(10)19)18(2)6-12(13,14)15/h3-5,10,16H,6H2,1-2H3,(H,17,19).